The number of hydrogen-bond donors (Lipinski definition) is 1. The fourth-order valence-electron chi connectivity index (χ4n) is 2.69. The second-order valence-corrected chi connectivity index (χ2v) is 6.25. The summed E-state index contributed by atoms with van der Waals surface area (Å²) >= 11 is 12.4. The molecule has 2 N–H and O–H groups in total. The van der Waals surface area contributed by atoms with E-state index in [0.29, 0.717) is 16.8 Å². The number of nitrogens with two attached hydrogens (primary N) is 1. The Morgan fingerprint density at radius 2 is 2.04 bits per heavy atom. The molecule has 2 aromatic heterocycles. The average Bonchev–Trinajstić information content (AvgIpc) is 3.05. The van der Waals surface area contributed by atoms with E-state index >= 15 is 0 Å². The molecule has 3 rings (SSSR count). The largest absolute Gasteiger partial charge is 0.468 e. The minimum atomic E-state index is -0.792. The van der Waals surface area contributed by atoms with Gasteiger partial charge in [0, 0.05) is 35.6 Å². The van der Waals surface area contributed by atoms with Gasteiger partial charge in [0.1, 0.15) is 17.5 Å². The van der Waals surface area contributed by atoms with E-state index in [2.05, 4.69) is 9.72 Å². The molecular weight excluding hydrogens is 368 g/mol. The summed E-state index contributed by atoms with van der Waals surface area (Å²) in [7, 11) is 1.29. The van der Waals surface area contributed by atoms with Gasteiger partial charge in [-0.1, -0.05) is 23.2 Å². The van der Waals surface area contributed by atoms with Crippen LogP contribution in [-0.2, 0) is 16.0 Å². The average molecular weight is 382 g/mol. The van der Waals surface area contributed by atoms with Crippen molar-refractivity contribution in [1.29, 1.82) is 0 Å². The minimum Gasteiger partial charge on any atom is -0.468 e. The first kappa shape index (κ1) is 17.7. The summed E-state index contributed by atoms with van der Waals surface area (Å²) in [4.78, 5) is 15.9. The maximum atomic E-state index is 13.4. The van der Waals surface area contributed by atoms with Gasteiger partial charge >= 0.3 is 5.97 Å². The third kappa shape index (κ3) is 3.33. The number of fused-ring (bicyclic) bond motifs is 1. The number of methoxy groups -OCH3 is 1. The molecule has 0 radical (unpaired) electrons. The highest BCUT2D eigenvalue weighted by atomic mass is 35.5. The fraction of sp³-hybridized carbons (Fsp3) is 0.176. The Balaban J connectivity index is 2.11. The lowest BCUT2D eigenvalue weighted by Gasteiger charge is -2.14. The lowest BCUT2D eigenvalue weighted by atomic mass is 10.0. The van der Waals surface area contributed by atoms with Crippen LogP contribution in [0.1, 0.15) is 5.69 Å². The molecule has 0 aliphatic heterocycles. The predicted molar refractivity (Wildman–Crippen MR) is 94.3 cm³/mol. The fourth-order valence-corrected chi connectivity index (χ4v) is 3.35. The van der Waals surface area contributed by atoms with Crippen LogP contribution < -0.4 is 5.73 Å². The Bertz CT molecular complexity index is 935. The van der Waals surface area contributed by atoms with Crippen LogP contribution in [0, 0.1) is 5.82 Å². The standard InChI is InChI=1S/C17H14Cl2FN3O2/c1-25-17(24)14(21)8-10-2-3-11(16-22-4-5-23(10)16)15-12(18)6-9(20)7-13(15)19/h2-7,14H,8,21H2,1H3/t14-/m0/s1. The van der Waals surface area contributed by atoms with Gasteiger partial charge in [-0.15, -0.1) is 0 Å². The molecule has 3 aromatic rings. The second kappa shape index (κ2) is 7.00. The van der Waals surface area contributed by atoms with Crippen LogP contribution in [-0.4, -0.2) is 28.5 Å². The van der Waals surface area contributed by atoms with Gasteiger partial charge in [-0.3, -0.25) is 4.79 Å². The monoisotopic (exact) mass is 381 g/mol. The first-order valence-corrected chi connectivity index (χ1v) is 8.11. The SMILES string of the molecule is COC(=O)[C@@H](N)Cc1ccc(-c2c(Cl)cc(F)cc2Cl)c2nccn12. The Kier molecular flexibility index (Phi) is 4.94. The Hall–Kier alpha value is -2.15. The normalized spacial score (nSPS) is 12.4. The van der Waals surface area contributed by atoms with Crippen molar-refractivity contribution >= 4 is 34.8 Å². The van der Waals surface area contributed by atoms with Crippen LogP contribution >= 0.6 is 23.2 Å². The van der Waals surface area contributed by atoms with E-state index < -0.39 is 17.8 Å². The van der Waals surface area contributed by atoms with E-state index in [0.717, 1.165) is 5.69 Å². The van der Waals surface area contributed by atoms with Crippen molar-refractivity contribution in [3.05, 3.63) is 58.2 Å². The highest BCUT2D eigenvalue weighted by Gasteiger charge is 2.19. The van der Waals surface area contributed by atoms with Gasteiger partial charge in [0.2, 0.25) is 0 Å². The number of aromatic nitrogens is 2. The zero-order valence-corrected chi connectivity index (χ0v) is 14.7. The molecule has 2 heterocycles. The number of nitrogens with zero attached hydrogens (tertiary/aromatic N) is 2. The lowest BCUT2D eigenvalue weighted by Crippen LogP contribution is -2.34. The lowest BCUT2D eigenvalue weighted by molar-refractivity contribution is -0.142. The molecule has 0 aliphatic rings. The number of imidazole rings is 1. The number of hydrogen-bond acceptors (Lipinski definition) is 4. The number of esters is 1. The van der Waals surface area contributed by atoms with Crippen molar-refractivity contribution < 1.29 is 13.9 Å². The number of rotatable bonds is 4. The second-order valence-electron chi connectivity index (χ2n) is 5.44. The third-order valence-corrected chi connectivity index (χ3v) is 4.44. The summed E-state index contributed by atoms with van der Waals surface area (Å²) < 4.78 is 19.9. The maximum absolute atomic E-state index is 13.4. The summed E-state index contributed by atoms with van der Waals surface area (Å²) in [6.45, 7) is 0. The van der Waals surface area contributed by atoms with Crippen molar-refractivity contribution in [3.8, 4) is 11.1 Å². The van der Waals surface area contributed by atoms with Gasteiger partial charge in [0.05, 0.1) is 17.2 Å². The summed E-state index contributed by atoms with van der Waals surface area (Å²) in [6.07, 6.45) is 3.62. The van der Waals surface area contributed by atoms with Gasteiger partial charge in [-0.05, 0) is 24.3 Å². The molecule has 5 nitrogen and oxygen atoms in total. The van der Waals surface area contributed by atoms with Crippen LogP contribution in [0.3, 0.4) is 0 Å². The van der Waals surface area contributed by atoms with Crippen molar-refractivity contribution in [2.75, 3.05) is 7.11 Å². The molecule has 0 bridgehead atoms. The molecule has 130 valence electrons. The molecule has 25 heavy (non-hydrogen) atoms. The summed E-state index contributed by atoms with van der Waals surface area (Å²) in [5.74, 6) is -1.01. The Morgan fingerprint density at radius 3 is 2.68 bits per heavy atom. The number of benzene rings is 1. The molecule has 0 fully saturated rings. The van der Waals surface area contributed by atoms with Crippen molar-refractivity contribution in [3.63, 3.8) is 0 Å². The van der Waals surface area contributed by atoms with Crippen LogP contribution in [0.4, 0.5) is 4.39 Å². The number of pyridine rings is 1. The molecular formula is C17H14Cl2FN3O2. The van der Waals surface area contributed by atoms with Crippen molar-refractivity contribution in [2.45, 2.75) is 12.5 Å². The quantitative estimate of drug-likeness (QED) is 0.702. The van der Waals surface area contributed by atoms with E-state index in [1.165, 1.54) is 19.2 Å². The predicted octanol–water partition coefficient (Wildman–Crippen LogP) is 3.49. The van der Waals surface area contributed by atoms with Gasteiger partial charge in [-0.25, -0.2) is 9.37 Å². The molecule has 0 saturated heterocycles. The first-order chi connectivity index (χ1) is 11.9. The summed E-state index contributed by atoms with van der Waals surface area (Å²) in [5, 5.41) is 0.378. The molecule has 0 unspecified atom stereocenters. The van der Waals surface area contributed by atoms with Gasteiger partial charge in [0.15, 0.2) is 0 Å². The van der Waals surface area contributed by atoms with E-state index in [1.807, 2.05) is 0 Å². The van der Waals surface area contributed by atoms with Gasteiger partial charge in [0.25, 0.3) is 0 Å². The van der Waals surface area contributed by atoms with E-state index in [1.54, 1.807) is 28.9 Å². The molecule has 0 saturated carbocycles. The number of carbonyl (C=O) groups excluding carboxylic acids is 1. The summed E-state index contributed by atoms with van der Waals surface area (Å²) in [5.41, 5.74) is 8.32. The number of carbonyl (C=O) groups is 1. The first-order valence-electron chi connectivity index (χ1n) is 7.35. The zero-order valence-electron chi connectivity index (χ0n) is 13.2. The smallest absolute Gasteiger partial charge is 0.323 e. The highest BCUT2D eigenvalue weighted by molar-refractivity contribution is 6.39. The third-order valence-electron chi connectivity index (χ3n) is 3.84. The summed E-state index contributed by atoms with van der Waals surface area (Å²) in [6, 6.07) is 5.17. The van der Waals surface area contributed by atoms with E-state index in [4.69, 9.17) is 28.9 Å². The van der Waals surface area contributed by atoms with E-state index in [9.17, 15) is 9.18 Å². The van der Waals surface area contributed by atoms with Crippen molar-refractivity contribution in [2.24, 2.45) is 5.73 Å². The Morgan fingerprint density at radius 1 is 1.36 bits per heavy atom. The van der Waals surface area contributed by atoms with E-state index in [-0.39, 0.29) is 16.5 Å². The van der Waals surface area contributed by atoms with Gasteiger partial charge < -0.3 is 14.9 Å². The Labute approximate surface area is 153 Å². The topological polar surface area (TPSA) is 69.6 Å². The maximum Gasteiger partial charge on any atom is 0.323 e. The zero-order chi connectivity index (χ0) is 18.1. The highest BCUT2D eigenvalue weighted by Crippen LogP contribution is 2.37. The van der Waals surface area contributed by atoms with Crippen LogP contribution in [0.5, 0.6) is 0 Å². The van der Waals surface area contributed by atoms with Crippen LogP contribution in [0.25, 0.3) is 16.8 Å². The van der Waals surface area contributed by atoms with Crippen LogP contribution in [0.15, 0.2) is 36.7 Å². The van der Waals surface area contributed by atoms with Crippen molar-refractivity contribution in [1.82, 2.24) is 9.38 Å². The molecule has 1 aromatic carbocycles. The molecule has 0 aliphatic carbocycles. The minimum absolute atomic E-state index is 0.189. The molecule has 1 atom stereocenters. The molecule has 0 amide bonds. The molecule has 0 spiro atoms. The van der Waals surface area contributed by atoms with Crippen LogP contribution in [0.2, 0.25) is 10.0 Å². The van der Waals surface area contributed by atoms with Gasteiger partial charge in [-0.2, -0.15) is 0 Å². The number of halogens is 3. The molecule has 8 heteroatoms. The number of ether oxygens (including phenoxy) is 1.